The Balaban J connectivity index is 1.86. The molecule has 0 bridgehead atoms. The van der Waals surface area contributed by atoms with E-state index in [1.54, 1.807) is 0 Å². The van der Waals surface area contributed by atoms with Crippen LogP contribution in [0.15, 0.2) is 53.9 Å². The summed E-state index contributed by atoms with van der Waals surface area (Å²) in [7, 11) is 0. The number of carbonyl (C=O) groups is 1. The molecule has 0 aliphatic heterocycles. The average molecular weight is 403 g/mol. The van der Waals surface area contributed by atoms with Gasteiger partial charge in [0.05, 0.1) is 17.6 Å². The molecule has 0 saturated carbocycles. The van der Waals surface area contributed by atoms with Crippen LogP contribution in [-0.4, -0.2) is 25.8 Å². The highest BCUT2D eigenvalue weighted by Crippen LogP contribution is 2.35. The Morgan fingerprint density at radius 1 is 1.14 bits per heavy atom. The molecule has 0 aliphatic rings. The molecule has 28 heavy (non-hydrogen) atoms. The van der Waals surface area contributed by atoms with Crippen molar-refractivity contribution in [3.8, 4) is 11.3 Å². The largest absolute Gasteiger partial charge is 0.476 e. The van der Waals surface area contributed by atoms with E-state index < -0.39 is 17.7 Å². The van der Waals surface area contributed by atoms with E-state index in [4.69, 9.17) is 5.11 Å². The lowest BCUT2D eigenvalue weighted by Crippen LogP contribution is -2.06. The lowest BCUT2D eigenvalue weighted by Gasteiger charge is -2.07. The van der Waals surface area contributed by atoms with Gasteiger partial charge in [-0.25, -0.2) is 9.78 Å². The third kappa shape index (κ3) is 3.36. The van der Waals surface area contributed by atoms with Gasteiger partial charge >= 0.3 is 12.1 Å². The molecule has 9 heteroatoms. The maximum atomic E-state index is 13.2. The van der Waals surface area contributed by atoms with Crippen LogP contribution in [0.2, 0.25) is 0 Å². The minimum Gasteiger partial charge on any atom is -0.476 e. The Morgan fingerprint density at radius 2 is 1.89 bits per heavy atom. The van der Waals surface area contributed by atoms with Gasteiger partial charge in [0.15, 0.2) is 5.69 Å². The summed E-state index contributed by atoms with van der Waals surface area (Å²) < 4.78 is 41.0. The molecule has 0 amide bonds. The van der Waals surface area contributed by atoms with E-state index in [1.165, 1.54) is 16.1 Å². The maximum Gasteiger partial charge on any atom is 0.416 e. The number of aromatic nitrogens is 3. The van der Waals surface area contributed by atoms with Gasteiger partial charge in [-0.3, -0.25) is 4.68 Å². The molecular formula is C19H12F3N3O2S. The van der Waals surface area contributed by atoms with Crippen molar-refractivity contribution in [3.05, 3.63) is 70.2 Å². The molecule has 5 nitrogen and oxygen atoms in total. The Kier molecular flexibility index (Phi) is 4.38. The fourth-order valence-corrected chi connectivity index (χ4v) is 3.64. The van der Waals surface area contributed by atoms with E-state index in [2.05, 4.69) is 10.1 Å². The highest BCUT2D eigenvalue weighted by Gasteiger charge is 2.31. The number of aromatic carboxylic acids is 1. The van der Waals surface area contributed by atoms with Gasteiger partial charge in [0.1, 0.15) is 10.7 Å². The second-order valence-corrected chi connectivity index (χ2v) is 6.98. The van der Waals surface area contributed by atoms with Gasteiger partial charge in [0.25, 0.3) is 0 Å². The number of nitrogens with zero attached hydrogens (tertiary/aromatic N) is 3. The zero-order valence-electron chi connectivity index (χ0n) is 14.1. The Labute approximate surface area is 160 Å². The first-order valence-corrected chi connectivity index (χ1v) is 9.02. The molecule has 0 atom stereocenters. The summed E-state index contributed by atoms with van der Waals surface area (Å²) in [5, 5.41) is 15.9. The van der Waals surface area contributed by atoms with Gasteiger partial charge in [0, 0.05) is 16.3 Å². The number of alkyl halides is 3. The van der Waals surface area contributed by atoms with Crippen molar-refractivity contribution < 1.29 is 23.1 Å². The number of benzene rings is 2. The van der Waals surface area contributed by atoms with Gasteiger partial charge in [-0.1, -0.05) is 30.3 Å². The number of thiazole rings is 1. The van der Waals surface area contributed by atoms with E-state index in [0.29, 0.717) is 21.6 Å². The third-order valence-corrected chi connectivity index (χ3v) is 5.02. The van der Waals surface area contributed by atoms with Gasteiger partial charge in [-0.05, 0) is 18.2 Å². The normalized spacial score (nSPS) is 11.8. The predicted molar refractivity (Wildman–Crippen MR) is 98.3 cm³/mol. The zero-order valence-corrected chi connectivity index (χ0v) is 15.0. The van der Waals surface area contributed by atoms with Crippen LogP contribution in [0, 0.1) is 0 Å². The molecule has 0 fully saturated rings. The fraction of sp³-hybridized carbons (Fsp3) is 0.105. The van der Waals surface area contributed by atoms with E-state index in [9.17, 15) is 18.0 Å². The SMILES string of the molecule is O=C(O)c1csc(Cn2nc(-c3ccccc3)c3ccc(C(F)(F)F)cc32)n1. The lowest BCUT2D eigenvalue weighted by atomic mass is 10.1. The quantitative estimate of drug-likeness (QED) is 0.525. The lowest BCUT2D eigenvalue weighted by molar-refractivity contribution is -0.137. The number of hydrogen-bond acceptors (Lipinski definition) is 4. The summed E-state index contributed by atoms with van der Waals surface area (Å²) >= 11 is 1.12. The minimum atomic E-state index is -4.48. The van der Waals surface area contributed by atoms with Gasteiger partial charge in [-0.2, -0.15) is 18.3 Å². The second-order valence-electron chi connectivity index (χ2n) is 6.03. The molecule has 2 aromatic heterocycles. The van der Waals surface area contributed by atoms with Crippen molar-refractivity contribution in [2.24, 2.45) is 0 Å². The van der Waals surface area contributed by atoms with Crippen molar-refractivity contribution in [2.75, 3.05) is 0 Å². The Morgan fingerprint density at radius 3 is 2.54 bits per heavy atom. The number of carboxylic acid groups (broad SMARTS) is 1. The molecule has 0 saturated heterocycles. The minimum absolute atomic E-state index is 0.0720. The Bertz CT molecular complexity index is 1170. The topological polar surface area (TPSA) is 68.0 Å². The summed E-state index contributed by atoms with van der Waals surface area (Å²) in [5.41, 5.74) is 0.762. The van der Waals surface area contributed by atoms with Crippen LogP contribution in [0.1, 0.15) is 21.1 Å². The molecule has 0 aliphatic carbocycles. The summed E-state index contributed by atoms with van der Waals surface area (Å²) in [6.07, 6.45) is -4.48. The van der Waals surface area contributed by atoms with Crippen LogP contribution in [0.3, 0.4) is 0 Å². The number of hydrogen-bond donors (Lipinski definition) is 1. The van der Waals surface area contributed by atoms with Crippen molar-refractivity contribution in [3.63, 3.8) is 0 Å². The van der Waals surface area contributed by atoms with Crippen molar-refractivity contribution in [1.82, 2.24) is 14.8 Å². The van der Waals surface area contributed by atoms with Crippen LogP contribution < -0.4 is 0 Å². The molecule has 2 heterocycles. The smallest absolute Gasteiger partial charge is 0.416 e. The van der Waals surface area contributed by atoms with E-state index in [1.807, 2.05) is 30.3 Å². The molecule has 0 unspecified atom stereocenters. The maximum absolute atomic E-state index is 13.2. The van der Waals surface area contributed by atoms with Crippen LogP contribution in [0.4, 0.5) is 13.2 Å². The van der Waals surface area contributed by atoms with E-state index in [-0.39, 0.29) is 12.2 Å². The average Bonchev–Trinajstić information content (AvgIpc) is 3.27. The fourth-order valence-electron chi connectivity index (χ4n) is 2.89. The van der Waals surface area contributed by atoms with Gasteiger partial charge in [0.2, 0.25) is 0 Å². The van der Waals surface area contributed by atoms with Gasteiger partial charge in [-0.15, -0.1) is 11.3 Å². The number of rotatable bonds is 4. The monoisotopic (exact) mass is 403 g/mol. The number of fused-ring (bicyclic) bond motifs is 1. The number of carboxylic acids is 1. The van der Waals surface area contributed by atoms with Crippen LogP contribution in [0.5, 0.6) is 0 Å². The summed E-state index contributed by atoms with van der Waals surface area (Å²) in [4.78, 5) is 15.0. The van der Waals surface area contributed by atoms with E-state index >= 15 is 0 Å². The standard InChI is InChI=1S/C19H12F3N3O2S/c20-19(21,22)12-6-7-13-15(8-12)25(9-16-23-14(10-28-16)18(26)27)24-17(13)11-4-2-1-3-5-11/h1-8,10H,9H2,(H,26,27). The first-order chi connectivity index (χ1) is 13.3. The number of halogens is 3. The molecule has 142 valence electrons. The molecule has 2 aromatic carbocycles. The van der Waals surface area contributed by atoms with Crippen molar-refractivity contribution in [2.45, 2.75) is 12.7 Å². The first kappa shape index (κ1) is 18.2. The summed E-state index contributed by atoms with van der Waals surface area (Å²) in [5.74, 6) is -1.16. The molecule has 4 rings (SSSR count). The first-order valence-electron chi connectivity index (χ1n) is 8.14. The summed E-state index contributed by atoms with van der Waals surface area (Å²) in [6.45, 7) is 0.0720. The highest BCUT2D eigenvalue weighted by atomic mass is 32.1. The highest BCUT2D eigenvalue weighted by molar-refractivity contribution is 7.09. The molecular weight excluding hydrogens is 391 g/mol. The zero-order chi connectivity index (χ0) is 19.9. The molecule has 0 radical (unpaired) electrons. The molecule has 1 N–H and O–H groups in total. The van der Waals surface area contributed by atoms with Crippen LogP contribution >= 0.6 is 11.3 Å². The third-order valence-electron chi connectivity index (χ3n) is 4.18. The van der Waals surface area contributed by atoms with Crippen LogP contribution in [-0.2, 0) is 12.7 Å². The summed E-state index contributed by atoms with van der Waals surface area (Å²) in [6, 6.07) is 12.6. The van der Waals surface area contributed by atoms with Crippen molar-refractivity contribution in [1.29, 1.82) is 0 Å². The van der Waals surface area contributed by atoms with E-state index in [0.717, 1.165) is 29.0 Å². The molecule has 4 aromatic rings. The van der Waals surface area contributed by atoms with Crippen LogP contribution in [0.25, 0.3) is 22.2 Å². The Hall–Kier alpha value is -3.20. The van der Waals surface area contributed by atoms with Gasteiger partial charge < -0.3 is 5.11 Å². The van der Waals surface area contributed by atoms with Crippen molar-refractivity contribution >= 4 is 28.2 Å². The predicted octanol–water partition coefficient (Wildman–Crippen LogP) is 4.93. The molecule has 0 spiro atoms. The second kappa shape index (κ2) is 6.75.